The van der Waals surface area contributed by atoms with Crippen LogP contribution >= 0.6 is 11.3 Å². The van der Waals surface area contributed by atoms with Crippen molar-refractivity contribution in [2.45, 2.75) is 25.0 Å². The summed E-state index contributed by atoms with van der Waals surface area (Å²) in [6.07, 6.45) is 2.66. The Labute approximate surface area is 94.2 Å². The molecule has 0 saturated heterocycles. The van der Waals surface area contributed by atoms with E-state index in [1.165, 1.54) is 9.75 Å². The molecule has 0 atom stereocenters. The highest BCUT2D eigenvalue weighted by atomic mass is 32.2. The predicted molar refractivity (Wildman–Crippen MR) is 62.9 cm³/mol. The molecule has 2 N–H and O–H groups in total. The van der Waals surface area contributed by atoms with Crippen LogP contribution in [0.1, 0.15) is 21.7 Å². The summed E-state index contributed by atoms with van der Waals surface area (Å²) in [6, 6.07) is 2.05. The van der Waals surface area contributed by atoms with E-state index < -0.39 is 9.84 Å². The zero-order chi connectivity index (χ0) is 10.9. The van der Waals surface area contributed by atoms with Gasteiger partial charge in [-0.3, -0.25) is 0 Å². The van der Waals surface area contributed by atoms with Crippen LogP contribution < -0.4 is 5.73 Å². The third-order valence-corrected chi connectivity index (χ3v) is 5.46. The first-order chi connectivity index (χ1) is 7.11. The van der Waals surface area contributed by atoms with E-state index in [2.05, 4.69) is 0 Å². The van der Waals surface area contributed by atoms with E-state index in [0.29, 0.717) is 18.7 Å². The molecule has 15 heavy (non-hydrogen) atoms. The predicted octanol–water partition coefficient (Wildman–Crippen LogP) is 1.11. The Morgan fingerprint density at radius 2 is 2.27 bits per heavy atom. The van der Waals surface area contributed by atoms with Crippen LogP contribution in [-0.2, 0) is 28.4 Å². The molecule has 3 nitrogen and oxygen atoms in total. The maximum Gasteiger partial charge on any atom is 0.154 e. The fourth-order valence-electron chi connectivity index (χ4n) is 1.82. The molecule has 2 heterocycles. The van der Waals surface area contributed by atoms with Crippen LogP contribution in [-0.4, -0.2) is 20.7 Å². The molecule has 0 saturated carbocycles. The molecule has 0 aliphatic carbocycles. The quantitative estimate of drug-likeness (QED) is 0.868. The normalized spacial score (nSPS) is 18.7. The van der Waals surface area contributed by atoms with E-state index in [1.807, 2.05) is 6.07 Å². The summed E-state index contributed by atoms with van der Waals surface area (Å²) in [5.74, 6) is 0.554. The molecule has 5 heteroatoms. The van der Waals surface area contributed by atoms with Crippen LogP contribution in [0.3, 0.4) is 0 Å². The second kappa shape index (κ2) is 4.23. The molecule has 1 aliphatic heterocycles. The number of thiophene rings is 1. The molecular weight excluding hydrogens is 230 g/mol. The van der Waals surface area contributed by atoms with Gasteiger partial charge in [0.1, 0.15) is 0 Å². The molecule has 0 aromatic carbocycles. The van der Waals surface area contributed by atoms with Gasteiger partial charge in [0, 0.05) is 9.75 Å². The fourth-order valence-corrected chi connectivity index (χ4v) is 4.66. The number of sulfone groups is 1. The molecule has 0 spiro atoms. The van der Waals surface area contributed by atoms with Gasteiger partial charge >= 0.3 is 0 Å². The fraction of sp³-hybridized carbons (Fsp3) is 0.600. The SMILES string of the molecule is NCCCc1cc2c(s1)CCS(=O)(=O)C2. The molecule has 0 unspecified atom stereocenters. The van der Waals surface area contributed by atoms with Crippen molar-refractivity contribution in [2.24, 2.45) is 5.73 Å². The van der Waals surface area contributed by atoms with E-state index >= 15 is 0 Å². The first-order valence-corrected chi connectivity index (χ1v) is 7.75. The van der Waals surface area contributed by atoms with Gasteiger partial charge in [0.2, 0.25) is 0 Å². The van der Waals surface area contributed by atoms with Gasteiger partial charge in [0.15, 0.2) is 9.84 Å². The summed E-state index contributed by atoms with van der Waals surface area (Å²) in [6.45, 7) is 0.695. The maximum absolute atomic E-state index is 11.4. The summed E-state index contributed by atoms with van der Waals surface area (Å²) in [7, 11) is -2.82. The number of hydrogen-bond donors (Lipinski definition) is 1. The molecule has 0 radical (unpaired) electrons. The molecule has 2 rings (SSSR count). The second-order valence-corrected chi connectivity index (χ2v) is 7.30. The lowest BCUT2D eigenvalue weighted by atomic mass is 10.2. The lowest BCUT2D eigenvalue weighted by Crippen LogP contribution is -2.16. The topological polar surface area (TPSA) is 60.2 Å². The standard InChI is InChI=1S/C10H15NO2S2/c11-4-1-2-9-6-8-7-15(12,13)5-3-10(8)14-9/h6H,1-5,7,11H2. The Kier molecular flexibility index (Phi) is 3.13. The number of aryl methyl sites for hydroxylation is 2. The van der Waals surface area contributed by atoms with Crippen molar-refractivity contribution in [1.82, 2.24) is 0 Å². The van der Waals surface area contributed by atoms with Gasteiger partial charge in [-0.2, -0.15) is 0 Å². The number of fused-ring (bicyclic) bond motifs is 1. The van der Waals surface area contributed by atoms with Crippen molar-refractivity contribution in [1.29, 1.82) is 0 Å². The molecule has 1 aliphatic rings. The van der Waals surface area contributed by atoms with Crippen LogP contribution in [0.15, 0.2) is 6.07 Å². The average molecular weight is 245 g/mol. The monoisotopic (exact) mass is 245 g/mol. The van der Waals surface area contributed by atoms with Crippen LogP contribution in [0.25, 0.3) is 0 Å². The second-order valence-electron chi connectivity index (χ2n) is 3.90. The highest BCUT2D eigenvalue weighted by molar-refractivity contribution is 7.90. The van der Waals surface area contributed by atoms with Crippen molar-refractivity contribution in [3.63, 3.8) is 0 Å². The Hall–Kier alpha value is -0.390. The molecule has 0 bridgehead atoms. The summed E-state index contributed by atoms with van der Waals surface area (Å²) in [5, 5.41) is 0. The van der Waals surface area contributed by atoms with Crippen LogP contribution in [0, 0.1) is 0 Å². The lowest BCUT2D eigenvalue weighted by Gasteiger charge is -2.10. The molecule has 84 valence electrons. The molecule has 1 aromatic heterocycles. The van der Waals surface area contributed by atoms with E-state index in [4.69, 9.17) is 5.73 Å². The lowest BCUT2D eigenvalue weighted by molar-refractivity contribution is 0.592. The largest absolute Gasteiger partial charge is 0.330 e. The Morgan fingerprint density at radius 3 is 3.00 bits per heavy atom. The highest BCUT2D eigenvalue weighted by Crippen LogP contribution is 2.29. The summed E-state index contributed by atoms with van der Waals surface area (Å²) in [5.41, 5.74) is 6.48. The zero-order valence-electron chi connectivity index (χ0n) is 8.53. The summed E-state index contributed by atoms with van der Waals surface area (Å²) >= 11 is 1.76. The van der Waals surface area contributed by atoms with Gasteiger partial charge in [0.05, 0.1) is 11.5 Å². The zero-order valence-corrected chi connectivity index (χ0v) is 10.2. The Morgan fingerprint density at radius 1 is 1.47 bits per heavy atom. The molecule has 0 fully saturated rings. The van der Waals surface area contributed by atoms with Crippen molar-refractivity contribution < 1.29 is 8.42 Å². The van der Waals surface area contributed by atoms with E-state index in [-0.39, 0.29) is 5.75 Å². The smallest absolute Gasteiger partial charge is 0.154 e. The summed E-state index contributed by atoms with van der Waals surface area (Å²) < 4.78 is 22.8. The third kappa shape index (κ3) is 2.59. The van der Waals surface area contributed by atoms with Gasteiger partial charge in [-0.25, -0.2) is 8.42 Å². The minimum Gasteiger partial charge on any atom is -0.330 e. The number of hydrogen-bond acceptors (Lipinski definition) is 4. The van der Waals surface area contributed by atoms with E-state index in [1.54, 1.807) is 11.3 Å². The van der Waals surface area contributed by atoms with Gasteiger partial charge in [-0.15, -0.1) is 11.3 Å². The van der Waals surface area contributed by atoms with Gasteiger partial charge in [0.25, 0.3) is 0 Å². The average Bonchev–Trinajstić information content (AvgIpc) is 2.55. The van der Waals surface area contributed by atoms with Crippen LogP contribution in [0.5, 0.6) is 0 Å². The molecular formula is C10H15NO2S2. The minimum atomic E-state index is -2.82. The van der Waals surface area contributed by atoms with Gasteiger partial charge in [-0.1, -0.05) is 0 Å². The first kappa shape index (κ1) is 11.1. The van der Waals surface area contributed by atoms with Crippen LogP contribution in [0.4, 0.5) is 0 Å². The summed E-state index contributed by atoms with van der Waals surface area (Å²) in [4.78, 5) is 2.54. The first-order valence-electron chi connectivity index (χ1n) is 5.12. The third-order valence-electron chi connectivity index (χ3n) is 2.59. The van der Waals surface area contributed by atoms with E-state index in [0.717, 1.165) is 18.4 Å². The Bertz CT molecular complexity index is 448. The van der Waals surface area contributed by atoms with Crippen molar-refractivity contribution in [3.05, 3.63) is 21.4 Å². The number of rotatable bonds is 3. The van der Waals surface area contributed by atoms with Gasteiger partial charge in [-0.05, 0) is 37.4 Å². The van der Waals surface area contributed by atoms with Crippen LogP contribution in [0.2, 0.25) is 0 Å². The molecule has 0 amide bonds. The van der Waals surface area contributed by atoms with Crippen molar-refractivity contribution >= 4 is 21.2 Å². The maximum atomic E-state index is 11.4. The van der Waals surface area contributed by atoms with Gasteiger partial charge < -0.3 is 5.73 Å². The number of nitrogens with two attached hydrogens (primary N) is 1. The van der Waals surface area contributed by atoms with Crippen molar-refractivity contribution in [2.75, 3.05) is 12.3 Å². The van der Waals surface area contributed by atoms with E-state index in [9.17, 15) is 8.42 Å². The Balaban J connectivity index is 2.18. The minimum absolute atomic E-state index is 0.238. The molecule has 1 aromatic rings. The highest BCUT2D eigenvalue weighted by Gasteiger charge is 2.23. The van der Waals surface area contributed by atoms with Crippen molar-refractivity contribution in [3.8, 4) is 0 Å².